The number of ether oxygens (including phenoxy) is 1. The van der Waals surface area contributed by atoms with Crippen LogP contribution in [-0.4, -0.2) is 13.1 Å². The summed E-state index contributed by atoms with van der Waals surface area (Å²) in [6.07, 6.45) is 7.67. The van der Waals surface area contributed by atoms with Gasteiger partial charge in [-0.2, -0.15) is 0 Å². The van der Waals surface area contributed by atoms with Crippen LogP contribution in [0.2, 0.25) is 0 Å². The second kappa shape index (κ2) is 4.21. The first-order valence-corrected chi connectivity index (χ1v) is 6.45. The van der Waals surface area contributed by atoms with Crippen LogP contribution in [-0.2, 0) is 16.0 Å². The molecule has 2 aliphatic carbocycles. The summed E-state index contributed by atoms with van der Waals surface area (Å²) in [5.74, 6) is 1.63. The van der Waals surface area contributed by atoms with Crippen molar-refractivity contribution in [3.05, 3.63) is 23.7 Å². The maximum Gasteiger partial charge on any atom is 0.316 e. The quantitative estimate of drug-likeness (QED) is 0.701. The average molecular weight is 234 g/mol. The van der Waals surface area contributed by atoms with Crippen LogP contribution < -0.4 is 0 Å². The number of carbonyl (C=O) groups excluding carboxylic acids is 1. The first kappa shape index (κ1) is 10.9. The fourth-order valence-corrected chi connectivity index (χ4v) is 3.60. The number of carbonyl (C=O) groups is 1. The normalized spacial score (nSPS) is 31.5. The summed E-state index contributed by atoms with van der Waals surface area (Å²) >= 11 is 0. The maximum atomic E-state index is 12.0. The van der Waals surface area contributed by atoms with Crippen molar-refractivity contribution in [3.8, 4) is 0 Å². The summed E-state index contributed by atoms with van der Waals surface area (Å²) in [5.41, 5.74) is 1.21. The van der Waals surface area contributed by atoms with E-state index in [2.05, 4.69) is 0 Å². The van der Waals surface area contributed by atoms with Gasteiger partial charge in [-0.1, -0.05) is 12.8 Å². The molecule has 0 saturated heterocycles. The minimum atomic E-state index is -0.163. The van der Waals surface area contributed by atoms with E-state index < -0.39 is 0 Å². The van der Waals surface area contributed by atoms with Crippen molar-refractivity contribution >= 4 is 5.97 Å². The standard InChI is InChI=1S/C14H18O3/c1-16-14(15)12-11-5-3-2-4-9(11)8-10-6-7-17-13(10)12/h6-7,9,11-12H,2-5,8H2,1H3/t9-,11+,12-/m1/s1. The number of fused-ring (bicyclic) bond motifs is 2. The van der Waals surface area contributed by atoms with E-state index in [1.54, 1.807) is 6.26 Å². The number of rotatable bonds is 1. The summed E-state index contributed by atoms with van der Waals surface area (Å²) in [7, 11) is 1.47. The molecular weight excluding hydrogens is 216 g/mol. The van der Waals surface area contributed by atoms with Crippen molar-refractivity contribution in [1.82, 2.24) is 0 Å². The fourth-order valence-electron chi connectivity index (χ4n) is 3.60. The van der Waals surface area contributed by atoms with Gasteiger partial charge in [-0.05, 0) is 42.7 Å². The Kier molecular flexibility index (Phi) is 2.69. The molecule has 0 aliphatic heterocycles. The fraction of sp³-hybridized carbons (Fsp3) is 0.643. The van der Waals surface area contributed by atoms with E-state index in [0.717, 1.165) is 18.6 Å². The van der Waals surface area contributed by atoms with E-state index in [-0.39, 0.29) is 11.9 Å². The highest BCUT2D eigenvalue weighted by Crippen LogP contribution is 2.47. The largest absolute Gasteiger partial charge is 0.468 e. The lowest BCUT2D eigenvalue weighted by molar-refractivity contribution is -0.145. The molecule has 0 unspecified atom stereocenters. The Balaban J connectivity index is 2.00. The molecular formula is C14H18O3. The molecule has 0 amide bonds. The zero-order chi connectivity index (χ0) is 11.8. The van der Waals surface area contributed by atoms with Crippen LogP contribution in [0.15, 0.2) is 16.7 Å². The van der Waals surface area contributed by atoms with E-state index in [4.69, 9.17) is 9.15 Å². The number of methoxy groups -OCH3 is 1. The molecule has 1 heterocycles. The molecule has 17 heavy (non-hydrogen) atoms. The van der Waals surface area contributed by atoms with E-state index >= 15 is 0 Å². The molecule has 3 rings (SSSR count). The van der Waals surface area contributed by atoms with Crippen molar-refractivity contribution in [2.75, 3.05) is 7.11 Å². The third-order valence-electron chi connectivity index (χ3n) is 4.40. The molecule has 1 saturated carbocycles. The molecule has 0 aromatic carbocycles. The monoisotopic (exact) mass is 234 g/mol. The van der Waals surface area contributed by atoms with Crippen LogP contribution in [0, 0.1) is 11.8 Å². The van der Waals surface area contributed by atoms with Crippen molar-refractivity contribution in [1.29, 1.82) is 0 Å². The highest BCUT2D eigenvalue weighted by atomic mass is 16.5. The average Bonchev–Trinajstić information content (AvgIpc) is 2.82. The number of furan rings is 1. The van der Waals surface area contributed by atoms with Gasteiger partial charge in [0.1, 0.15) is 11.7 Å². The van der Waals surface area contributed by atoms with Gasteiger partial charge in [0.25, 0.3) is 0 Å². The Morgan fingerprint density at radius 3 is 3.06 bits per heavy atom. The van der Waals surface area contributed by atoms with Gasteiger partial charge in [-0.25, -0.2) is 0 Å². The molecule has 0 bridgehead atoms. The van der Waals surface area contributed by atoms with Crippen molar-refractivity contribution < 1.29 is 13.9 Å². The minimum Gasteiger partial charge on any atom is -0.468 e. The second-order valence-electron chi connectivity index (χ2n) is 5.22. The SMILES string of the molecule is COC(=O)[C@H]1c2occc2C[C@H]2CCCC[C@@H]21. The van der Waals surface area contributed by atoms with Gasteiger partial charge in [-0.3, -0.25) is 4.79 Å². The van der Waals surface area contributed by atoms with Crippen LogP contribution in [0.5, 0.6) is 0 Å². The van der Waals surface area contributed by atoms with Crippen LogP contribution in [0.1, 0.15) is 42.9 Å². The minimum absolute atomic E-state index is 0.127. The topological polar surface area (TPSA) is 39.4 Å². The van der Waals surface area contributed by atoms with Crippen LogP contribution >= 0.6 is 0 Å². The molecule has 3 atom stereocenters. The predicted molar refractivity (Wildman–Crippen MR) is 62.6 cm³/mol. The molecule has 1 fully saturated rings. The predicted octanol–water partition coefficient (Wildman–Crippen LogP) is 2.90. The number of hydrogen-bond donors (Lipinski definition) is 0. The first-order valence-electron chi connectivity index (χ1n) is 6.45. The van der Waals surface area contributed by atoms with Gasteiger partial charge in [-0.15, -0.1) is 0 Å². The molecule has 0 radical (unpaired) electrons. The lowest BCUT2D eigenvalue weighted by Crippen LogP contribution is -2.36. The van der Waals surface area contributed by atoms with Crippen LogP contribution in [0.3, 0.4) is 0 Å². The third-order valence-corrected chi connectivity index (χ3v) is 4.40. The Morgan fingerprint density at radius 2 is 2.24 bits per heavy atom. The molecule has 0 N–H and O–H groups in total. The zero-order valence-corrected chi connectivity index (χ0v) is 10.1. The zero-order valence-electron chi connectivity index (χ0n) is 10.1. The summed E-state index contributed by atoms with van der Waals surface area (Å²) in [6, 6.07) is 2.01. The molecule has 92 valence electrons. The Morgan fingerprint density at radius 1 is 1.41 bits per heavy atom. The Bertz CT molecular complexity index is 421. The van der Waals surface area contributed by atoms with E-state index in [1.807, 2.05) is 6.07 Å². The van der Waals surface area contributed by atoms with Gasteiger partial charge in [0.15, 0.2) is 0 Å². The second-order valence-corrected chi connectivity index (χ2v) is 5.22. The molecule has 1 aromatic heterocycles. The van der Waals surface area contributed by atoms with E-state index in [0.29, 0.717) is 11.8 Å². The lowest BCUT2D eigenvalue weighted by atomic mass is 9.65. The Labute approximate surface area is 101 Å². The van der Waals surface area contributed by atoms with Gasteiger partial charge in [0, 0.05) is 0 Å². The van der Waals surface area contributed by atoms with Crippen molar-refractivity contribution in [3.63, 3.8) is 0 Å². The van der Waals surface area contributed by atoms with Gasteiger partial charge >= 0.3 is 5.97 Å². The van der Waals surface area contributed by atoms with E-state index in [1.165, 1.54) is 31.9 Å². The van der Waals surface area contributed by atoms with Crippen molar-refractivity contribution in [2.24, 2.45) is 11.8 Å². The van der Waals surface area contributed by atoms with Crippen molar-refractivity contribution in [2.45, 2.75) is 38.0 Å². The molecule has 1 aromatic rings. The highest BCUT2D eigenvalue weighted by molar-refractivity contribution is 5.78. The first-order chi connectivity index (χ1) is 8.31. The molecule has 2 aliphatic rings. The summed E-state index contributed by atoms with van der Waals surface area (Å²) in [4.78, 5) is 12.0. The Hall–Kier alpha value is -1.25. The summed E-state index contributed by atoms with van der Waals surface area (Å²) in [6.45, 7) is 0. The molecule has 0 spiro atoms. The highest BCUT2D eigenvalue weighted by Gasteiger charge is 2.44. The smallest absolute Gasteiger partial charge is 0.316 e. The third kappa shape index (κ3) is 1.68. The van der Waals surface area contributed by atoms with Crippen LogP contribution in [0.4, 0.5) is 0 Å². The van der Waals surface area contributed by atoms with Gasteiger partial charge < -0.3 is 9.15 Å². The molecule has 3 nitrogen and oxygen atoms in total. The number of hydrogen-bond acceptors (Lipinski definition) is 3. The summed E-state index contributed by atoms with van der Waals surface area (Å²) in [5, 5.41) is 0. The lowest BCUT2D eigenvalue weighted by Gasteiger charge is -2.38. The number of esters is 1. The molecule has 3 heteroatoms. The summed E-state index contributed by atoms with van der Waals surface area (Å²) < 4.78 is 10.5. The van der Waals surface area contributed by atoms with Gasteiger partial charge in [0.05, 0.1) is 13.4 Å². The van der Waals surface area contributed by atoms with Crippen LogP contribution in [0.25, 0.3) is 0 Å². The van der Waals surface area contributed by atoms with E-state index in [9.17, 15) is 4.79 Å². The maximum absolute atomic E-state index is 12.0. The van der Waals surface area contributed by atoms with Gasteiger partial charge in [0.2, 0.25) is 0 Å².